The number of nitrogens with one attached hydrogen (secondary N) is 2. The summed E-state index contributed by atoms with van der Waals surface area (Å²) in [6, 6.07) is 9.26. The van der Waals surface area contributed by atoms with Gasteiger partial charge in [0.1, 0.15) is 5.82 Å². The number of halogens is 1. The lowest BCUT2D eigenvalue weighted by atomic mass is 10.1. The van der Waals surface area contributed by atoms with Gasteiger partial charge in [0.15, 0.2) is 11.5 Å². The third-order valence-corrected chi connectivity index (χ3v) is 3.94. The molecule has 0 saturated heterocycles. The Morgan fingerprint density at radius 2 is 1.39 bits per heavy atom. The number of ether oxygens (including phenoxy) is 2. The van der Waals surface area contributed by atoms with Crippen molar-refractivity contribution in [3.63, 3.8) is 0 Å². The molecule has 0 bridgehead atoms. The maximum Gasteiger partial charge on any atom is 0.251 e. The predicted molar refractivity (Wildman–Crippen MR) is 105 cm³/mol. The zero-order valence-electron chi connectivity index (χ0n) is 16.3. The van der Waals surface area contributed by atoms with E-state index >= 15 is 0 Å². The van der Waals surface area contributed by atoms with Crippen molar-refractivity contribution in [2.45, 2.75) is 20.8 Å². The molecule has 0 radical (unpaired) electrons. The molecule has 2 amide bonds. The molecule has 28 heavy (non-hydrogen) atoms. The Labute approximate surface area is 164 Å². The first-order valence-electron chi connectivity index (χ1n) is 9.18. The molecule has 0 fully saturated rings. The third-order valence-electron chi connectivity index (χ3n) is 3.94. The molecule has 0 spiro atoms. The third kappa shape index (κ3) is 5.70. The van der Waals surface area contributed by atoms with Crippen LogP contribution >= 0.6 is 0 Å². The summed E-state index contributed by atoms with van der Waals surface area (Å²) in [5.41, 5.74) is 1.15. The second kappa shape index (κ2) is 10.3. The van der Waals surface area contributed by atoms with Crippen molar-refractivity contribution in [3.8, 4) is 11.5 Å². The van der Waals surface area contributed by atoms with Gasteiger partial charge in [0.05, 0.1) is 13.2 Å². The maximum absolute atomic E-state index is 13.5. The molecule has 0 unspecified atom stereocenters. The van der Waals surface area contributed by atoms with Gasteiger partial charge in [-0.05, 0) is 56.7 Å². The summed E-state index contributed by atoms with van der Waals surface area (Å²) in [5, 5.41) is 5.37. The first kappa shape index (κ1) is 21.2. The Bertz CT molecular complexity index is 839. The molecule has 0 heterocycles. The summed E-state index contributed by atoms with van der Waals surface area (Å²) < 4.78 is 24.5. The maximum atomic E-state index is 13.5. The van der Waals surface area contributed by atoms with Crippen molar-refractivity contribution in [2.24, 2.45) is 0 Å². The smallest absolute Gasteiger partial charge is 0.251 e. The average molecular weight is 388 g/mol. The normalized spacial score (nSPS) is 10.3. The van der Waals surface area contributed by atoms with E-state index in [1.54, 1.807) is 37.3 Å². The highest BCUT2D eigenvalue weighted by atomic mass is 19.1. The van der Waals surface area contributed by atoms with Crippen molar-refractivity contribution in [2.75, 3.05) is 26.3 Å². The van der Waals surface area contributed by atoms with Crippen LogP contribution in [0.15, 0.2) is 36.4 Å². The standard InChI is InChI=1S/C21H25FN2O4/c1-4-27-18-9-8-16(13-19(18)28-5-2)21(26)24-11-10-23-20(25)15-7-6-14(3)17(22)12-15/h6-9,12-13H,4-5,10-11H2,1-3H3,(H,23,25)(H,24,26). The van der Waals surface area contributed by atoms with Gasteiger partial charge in [-0.1, -0.05) is 6.07 Å². The molecule has 150 valence electrons. The minimum absolute atomic E-state index is 0.218. The molecular formula is C21H25FN2O4. The SMILES string of the molecule is CCOc1ccc(C(=O)NCCNC(=O)c2ccc(C)c(F)c2)cc1OCC. The highest BCUT2D eigenvalue weighted by Gasteiger charge is 2.12. The van der Waals surface area contributed by atoms with Crippen LogP contribution in [0.2, 0.25) is 0 Å². The van der Waals surface area contributed by atoms with Crippen LogP contribution in [-0.4, -0.2) is 38.1 Å². The van der Waals surface area contributed by atoms with Crippen molar-refractivity contribution in [1.29, 1.82) is 0 Å². The largest absolute Gasteiger partial charge is 0.490 e. The monoisotopic (exact) mass is 388 g/mol. The lowest BCUT2D eigenvalue weighted by molar-refractivity contribution is 0.0927. The number of rotatable bonds is 9. The molecule has 0 aromatic heterocycles. The first-order chi connectivity index (χ1) is 13.5. The molecule has 0 saturated carbocycles. The number of amides is 2. The Morgan fingerprint density at radius 3 is 1.96 bits per heavy atom. The molecule has 7 heteroatoms. The number of benzene rings is 2. The average Bonchev–Trinajstić information content (AvgIpc) is 2.68. The van der Waals surface area contributed by atoms with Crippen molar-refractivity contribution in [3.05, 3.63) is 58.9 Å². The highest BCUT2D eigenvalue weighted by Crippen LogP contribution is 2.28. The molecule has 2 aromatic rings. The zero-order chi connectivity index (χ0) is 20.5. The number of carbonyl (C=O) groups is 2. The summed E-state index contributed by atoms with van der Waals surface area (Å²) in [6.07, 6.45) is 0. The van der Waals surface area contributed by atoms with Gasteiger partial charge < -0.3 is 20.1 Å². The highest BCUT2D eigenvalue weighted by molar-refractivity contribution is 5.95. The molecule has 2 aromatic carbocycles. The van der Waals surface area contributed by atoms with E-state index < -0.39 is 11.7 Å². The van der Waals surface area contributed by atoms with Crippen LogP contribution in [0.25, 0.3) is 0 Å². The van der Waals surface area contributed by atoms with Crippen LogP contribution in [0.4, 0.5) is 4.39 Å². The molecule has 0 aliphatic heterocycles. The van der Waals surface area contributed by atoms with Crippen LogP contribution in [0.1, 0.15) is 40.1 Å². The van der Waals surface area contributed by atoms with Gasteiger partial charge in [0.2, 0.25) is 0 Å². The van der Waals surface area contributed by atoms with Gasteiger partial charge >= 0.3 is 0 Å². The van der Waals surface area contributed by atoms with Gasteiger partial charge in [-0.15, -0.1) is 0 Å². The van der Waals surface area contributed by atoms with Gasteiger partial charge in [-0.2, -0.15) is 0 Å². The quantitative estimate of drug-likeness (QED) is 0.647. The Morgan fingerprint density at radius 1 is 0.857 bits per heavy atom. The molecule has 6 nitrogen and oxygen atoms in total. The molecule has 0 atom stereocenters. The molecule has 0 aliphatic carbocycles. The molecular weight excluding hydrogens is 363 g/mol. The predicted octanol–water partition coefficient (Wildman–Crippen LogP) is 3.09. The van der Waals surface area contributed by atoms with E-state index in [0.717, 1.165) is 0 Å². The minimum Gasteiger partial charge on any atom is -0.490 e. The van der Waals surface area contributed by atoms with Gasteiger partial charge in [-0.25, -0.2) is 4.39 Å². The Kier molecular flexibility index (Phi) is 7.80. The molecule has 2 N–H and O–H groups in total. The lowest BCUT2D eigenvalue weighted by Crippen LogP contribution is -2.34. The zero-order valence-corrected chi connectivity index (χ0v) is 16.3. The van der Waals surface area contributed by atoms with Crippen LogP contribution in [0.5, 0.6) is 11.5 Å². The first-order valence-corrected chi connectivity index (χ1v) is 9.18. The fraction of sp³-hybridized carbons (Fsp3) is 0.333. The molecule has 0 aliphatic rings. The van der Waals surface area contributed by atoms with Crippen molar-refractivity contribution in [1.82, 2.24) is 10.6 Å². The minimum atomic E-state index is -0.429. The fourth-order valence-corrected chi connectivity index (χ4v) is 2.48. The van der Waals surface area contributed by atoms with E-state index in [-0.39, 0.29) is 24.6 Å². The fourth-order valence-electron chi connectivity index (χ4n) is 2.48. The number of aryl methyl sites for hydroxylation is 1. The van der Waals surface area contributed by atoms with E-state index in [4.69, 9.17) is 9.47 Å². The van der Waals surface area contributed by atoms with Crippen LogP contribution in [0.3, 0.4) is 0 Å². The molecule has 2 rings (SSSR count). The van der Waals surface area contributed by atoms with E-state index in [0.29, 0.717) is 35.8 Å². The van der Waals surface area contributed by atoms with E-state index in [1.165, 1.54) is 6.07 Å². The summed E-state index contributed by atoms with van der Waals surface area (Å²) in [7, 11) is 0. The Balaban J connectivity index is 1.87. The van der Waals surface area contributed by atoms with Gasteiger partial charge in [-0.3, -0.25) is 9.59 Å². The second-order valence-corrected chi connectivity index (χ2v) is 6.00. The van der Waals surface area contributed by atoms with E-state index in [2.05, 4.69) is 10.6 Å². The summed E-state index contributed by atoms with van der Waals surface area (Å²) in [4.78, 5) is 24.3. The van der Waals surface area contributed by atoms with Gasteiger partial charge in [0.25, 0.3) is 11.8 Å². The number of carbonyl (C=O) groups excluding carboxylic acids is 2. The van der Waals surface area contributed by atoms with Crippen LogP contribution in [0, 0.1) is 12.7 Å². The van der Waals surface area contributed by atoms with Crippen molar-refractivity contribution >= 4 is 11.8 Å². The number of hydrogen-bond donors (Lipinski definition) is 2. The van der Waals surface area contributed by atoms with Crippen molar-refractivity contribution < 1.29 is 23.5 Å². The second-order valence-electron chi connectivity index (χ2n) is 6.00. The lowest BCUT2D eigenvalue weighted by Gasteiger charge is -2.12. The Hall–Kier alpha value is -3.09. The van der Waals surface area contributed by atoms with Crippen LogP contribution in [-0.2, 0) is 0 Å². The summed E-state index contributed by atoms with van der Waals surface area (Å²) in [5.74, 6) is -0.0285. The number of hydrogen-bond acceptors (Lipinski definition) is 4. The van der Waals surface area contributed by atoms with Crippen LogP contribution < -0.4 is 20.1 Å². The summed E-state index contributed by atoms with van der Waals surface area (Å²) in [6.45, 7) is 6.75. The van der Waals surface area contributed by atoms with E-state index in [1.807, 2.05) is 13.8 Å². The van der Waals surface area contributed by atoms with E-state index in [9.17, 15) is 14.0 Å². The summed E-state index contributed by atoms with van der Waals surface area (Å²) >= 11 is 0. The van der Waals surface area contributed by atoms with Gasteiger partial charge in [0, 0.05) is 24.2 Å². The topological polar surface area (TPSA) is 76.7 Å².